The molecule has 0 aliphatic carbocycles. The van der Waals surface area contributed by atoms with Gasteiger partial charge in [-0.2, -0.15) is 0 Å². The first kappa shape index (κ1) is 11.6. The average Bonchev–Trinajstić information content (AvgIpc) is 2.39. The lowest BCUT2D eigenvalue weighted by atomic mass is 9.96. The Balaban J connectivity index is 2.34. The molecule has 0 aliphatic heterocycles. The first-order valence-electron chi connectivity index (χ1n) is 5.52. The van der Waals surface area contributed by atoms with Gasteiger partial charge in [-0.05, 0) is 47.9 Å². The molecule has 88 valence electrons. The van der Waals surface area contributed by atoms with E-state index in [1.165, 1.54) is 0 Å². The van der Waals surface area contributed by atoms with Crippen molar-refractivity contribution >= 4 is 0 Å². The molecule has 1 unspecified atom stereocenters. The smallest absolute Gasteiger partial charge is 0.119 e. The quantitative estimate of drug-likeness (QED) is 0.877. The Hall–Kier alpha value is -1.87. The molecule has 1 aromatic heterocycles. The van der Waals surface area contributed by atoms with Crippen LogP contribution in [0.4, 0.5) is 0 Å². The average molecular weight is 228 g/mol. The van der Waals surface area contributed by atoms with Gasteiger partial charge in [-0.1, -0.05) is 6.07 Å². The molecule has 0 spiro atoms. The fraction of sp³-hybridized carbons (Fsp3) is 0.214. The number of aromatic nitrogens is 1. The van der Waals surface area contributed by atoms with Gasteiger partial charge >= 0.3 is 0 Å². The normalized spacial score (nSPS) is 12.2. The molecule has 0 aliphatic rings. The van der Waals surface area contributed by atoms with Crippen LogP contribution >= 0.6 is 0 Å². The third-order valence-electron chi connectivity index (χ3n) is 2.88. The number of rotatable bonds is 3. The summed E-state index contributed by atoms with van der Waals surface area (Å²) in [6, 6.07) is 9.70. The van der Waals surface area contributed by atoms with Gasteiger partial charge in [-0.3, -0.25) is 4.98 Å². The van der Waals surface area contributed by atoms with Gasteiger partial charge in [0.2, 0.25) is 0 Å². The van der Waals surface area contributed by atoms with Gasteiger partial charge in [0.15, 0.2) is 0 Å². The minimum atomic E-state index is -0.121. The van der Waals surface area contributed by atoms with Crippen LogP contribution in [0.2, 0.25) is 0 Å². The van der Waals surface area contributed by atoms with E-state index in [2.05, 4.69) is 4.98 Å². The monoisotopic (exact) mass is 228 g/mol. The van der Waals surface area contributed by atoms with E-state index in [4.69, 9.17) is 10.5 Å². The van der Waals surface area contributed by atoms with Crippen molar-refractivity contribution in [2.75, 3.05) is 7.11 Å². The number of ether oxygens (including phenoxy) is 1. The predicted molar refractivity (Wildman–Crippen MR) is 68.0 cm³/mol. The second kappa shape index (κ2) is 4.97. The summed E-state index contributed by atoms with van der Waals surface area (Å²) in [5.74, 6) is 0.855. The van der Waals surface area contributed by atoms with Crippen LogP contribution in [0.1, 0.15) is 22.7 Å². The summed E-state index contributed by atoms with van der Waals surface area (Å²) in [5, 5.41) is 0. The molecule has 1 atom stereocenters. The summed E-state index contributed by atoms with van der Waals surface area (Å²) in [6.07, 6.45) is 3.52. The van der Waals surface area contributed by atoms with E-state index in [1.54, 1.807) is 19.5 Å². The third-order valence-corrected chi connectivity index (χ3v) is 2.88. The Labute approximate surface area is 101 Å². The highest BCUT2D eigenvalue weighted by atomic mass is 16.5. The van der Waals surface area contributed by atoms with Crippen LogP contribution in [-0.2, 0) is 0 Å². The molecule has 0 saturated carbocycles. The molecule has 3 nitrogen and oxygen atoms in total. The fourth-order valence-corrected chi connectivity index (χ4v) is 1.87. The van der Waals surface area contributed by atoms with Crippen molar-refractivity contribution in [3.05, 3.63) is 59.4 Å². The molecule has 0 fully saturated rings. The number of hydrogen-bond donors (Lipinski definition) is 1. The Morgan fingerprint density at radius 3 is 2.47 bits per heavy atom. The van der Waals surface area contributed by atoms with Crippen LogP contribution in [0.3, 0.4) is 0 Å². The summed E-state index contributed by atoms with van der Waals surface area (Å²) >= 11 is 0. The summed E-state index contributed by atoms with van der Waals surface area (Å²) in [7, 11) is 1.66. The van der Waals surface area contributed by atoms with Crippen molar-refractivity contribution in [1.82, 2.24) is 4.98 Å². The summed E-state index contributed by atoms with van der Waals surface area (Å²) < 4.78 is 5.18. The Morgan fingerprint density at radius 1 is 1.18 bits per heavy atom. The lowest BCUT2D eigenvalue weighted by Gasteiger charge is -2.15. The van der Waals surface area contributed by atoms with Crippen LogP contribution in [0.15, 0.2) is 42.7 Å². The highest BCUT2D eigenvalue weighted by molar-refractivity contribution is 5.40. The molecule has 1 aromatic carbocycles. The number of hydrogen-bond acceptors (Lipinski definition) is 3. The minimum Gasteiger partial charge on any atom is -0.497 e. The summed E-state index contributed by atoms with van der Waals surface area (Å²) in [6.45, 7) is 2.04. The van der Waals surface area contributed by atoms with Gasteiger partial charge < -0.3 is 10.5 Å². The van der Waals surface area contributed by atoms with Gasteiger partial charge in [0.05, 0.1) is 13.2 Å². The van der Waals surface area contributed by atoms with E-state index in [0.717, 1.165) is 22.4 Å². The van der Waals surface area contributed by atoms with Crippen molar-refractivity contribution in [3.8, 4) is 5.75 Å². The second-order valence-electron chi connectivity index (χ2n) is 3.98. The molecule has 17 heavy (non-hydrogen) atoms. The molecule has 0 saturated heterocycles. The van der Waals surface area contributed by atoms with Crippen molar-refractivity contribution in [2.24, 2.45) is 5.73 Å². The lowest BCUT2D eigenvalue weighted by molar-refractivity contribution is 0.414. The molecule has 0 amide bonds. The van der Waals surface area contributed by atoms with Crippen LogP contribution in [0, 0.1) is 6.92 Å². The lowest BCUT2D eigenvalue weighted by Crippen LogP contribution is -2.13. The van der Waals surface area contributed by atoms with E-state index in [1.807, 2.05) is 37.3 Å². The fourth-order valence-electron chi connectivity index (χ4n) is 1.87. The molecule has 2 N–H and O–H groups in total. The Morgan fingerprint density at radius 2 is 1.88 bits per heavy atom. The zero-order valence-corrected chi connectivity index (χ0v) is 10.1. The number of nitrogens with two attached hydrogens (primary N) is 1. The highest BCUT2D eigenvalue weighted by Gasteiger charge is 2.11. The Bertz CT molecular complexity index is 497. The van der Waals surface area contributed by atoms with E-state index in [9.17, 15) is 0 Å². The van der Waals surface area contributed by atoms with E-state index < -0.39 is 0 Å². The van der Waals surface area contributed by atoms with E-state index in [-0.39, 0.29) is 6.04 Å². The molecule has 2 rings (SSSR count). The largest absolute Gasteiger partial charge is 0.497 e. The third kappa shape index (κ3) is 2.45. The summed E-state index contributed by atoms with van der Waals surface area (Å²) in [5.41, 5.74) is 9.54. The van der Waals surface area contributed by atoms with Crippen LogP contribution < -0.4 is 10.5 Å². The number of pyridine rings is 1. The maximum absolute atomic E-state index is 6.24. The maximum Gasteiger partial charge on any atom is 0.119 e. The topological polar surface area (TPSA) is 48.1 Å². The number of methoxy groups -OCH3 is 1. The number of benzene rings is 1. The van der Waals surface area contributed by atoms with Gasteiger partial charge in [-0.15, -0.1) is 0 Å². The first-order valence-corrected chi connectivity index (χ1v) is 5.52. The summed E-state index contributed by atoms with van der Waals surface area (Å²) in [4.78, 5) is 4.00. The highest BCUT2D eigenvalue weighted by Crippen LogP contribution is 2.25. The molecule has 0 bridgehead atoms. The van der Waals surface area contributed by atoms with Gasteiger partial charge in [0, 0.05) is 12.4 Å². The molecule has 2 aromatic rings. The van der Waals surface area contributed by atoms with E-state index in [0.29, 0.717) is 0 Å². The van der Waals surface area contributed by atoms with Crippen LogP contribution in [-0.4, -0.2) is 12.1 Å². The Kier molecular flexibility index (Phi) is 3.40. The molecule has 3 heteroatoms. The van der Waals surface area contributed by atoms with Crippen molar-refractivity contribution in [2.45, 2.75) is 13.0 Å². The molecule has 1 heterocycles. The zero-order chi connectivity index (χ0) is 12.3. The number of nitrogens with zero attached hydrogens (tertiary/aromatic N) is 1. The van der Waals surface area contributed by atoms with Gasteiger partial charge in [-0.25, -0.2) is 0 Å². The van der Waals surface area contributed by atoms with Crippen molar-refractivity contribution in [3.63, 3.8) is 0 Å². The number of aryl methyl sites for hydroxylation is 1. The molecular formula is C14H16N2O. The van der Waals surface area contributed by atoms with Crippen LogP contribution in [0.5, 0.6) is 5.75 Å². The van der Waals surface area contributed by atoms with Crippen LogP contribution in [0.25, 0.3) is 0 Å². The second-order valence-corrected chi connectivity index (χ2v) is 3.98. The zero-order valence-electron chi connectivity index (χ0n) is 10.1. The van der Waals surface area contributed by atoms with Crippen molar-refractivity contribution < 1.29 is 4.74 Å². The first-order chi connectivity index (χ1) is 8.22. The SMILES string of the molecule is COc1ccc(C(N)c2ccncc2)c(C)c1. The standard InChI is InChI=1S/C14H16N2O/c1-10-9-12(17-2)3-4-13(10)14(15)11-5-7-16-8-6-11/h3-9,14H,15H2,1-2H3. The maximum atomic E-state index is 6.24. The van der Waals surface area contributed by atoms with Crippen molar-refractivity contribution in [1.29, 1.82) is 0 Å². The molecule has 0 radical (unpaired) electrons. The minimum absolute atomic E-state index is 0.121. The molecular weight excluding hydrogens is 212 g/mol. The predicted octanol–water partition coefficient (Wildman–Crippen LogP) is 2.45. The van der Waals surface area contributed by atoms with Gasteiger partial charge in [0.1, 0.15) is 5.75 Å². The van der Waals surface area contributed by atoms with E-state index >= 15 is 0 Å². The van der Waals surface area contributed by atoms with Gasteiger partial charge in [0.25, 0.3) is 0 Å².